The summed E-state index contributed by atoms with van der Waals surface area (Å²) in [5.74, 6) is 0.562. The second kappa shape index (κ2) is 5.05. The molecule has 0 aliphatic carbocycles. The molecule has 0 saturated carbocycles. The standard InChI is InChI=1S/C12H12N2O2S/c1-16-9-5-3-2-4-8(9)6-7-10-11(15)14-12(13)17-10/h2-7,10H,1H3,(H2,13,14,15). The Bertz CT molecular complexity index is 497. The van der Waals surface area contributed by atoms with Crippen LogP contribution in [0.25, 0.3) is 6.08 Å². The third kappa shape index (κ3) is 2.68. The van der Waals surface area contributed by atoms with Crippen LogP contribution >= 0.6 is 11.8 Å². The Kier molecular flexibility index (Phi) is 3.49. The summed E-state index contributed by atoms with van der Waals surface area (Å²) in [5, 5.41) is 0.00425. The van der Waals surface area contributed by atoms with Crippen LogP contribution in [0.5, 0.6) is 5.75 Å². The minimum Gasteiger partial charge on any atom is -0.496 e. The number of hydrogen-bond acceptors (Lipinski definition) is 4. The molecule has 2 N–H and O–H groups in total. The van der Waals surface area contributed by atoms with Crippen LogP contribution in [0.2, 0.25) is 0 Å². The molecule has 5 heteroatoms. The van der Waals surface area contributed by atoms with E-state index >= 15 is 0 Å². The van der Waals surface area contributed by atoms with Gasteiger partial charge in [0.1, 0.15) is 11.0 Å². The number of rotatable bonds is 3. The zero-order valence-electron chi connectivity index (χ0n) is 9.29. The summed E-state index contributed by atoms with van der Waals surface area (Å²) in [7, 11) is 1.61. The van der Waals surface area contributed by atoms with Crippen molar-refractivity contribution in [2.24, 2.45) is 10.7 Å². The highest BCUT2D eigenvalue weighted by molar-refractivity contribution is 8.15. The number of nitrogens with two attached hydrogens (primary N) is 1. The maximum absolute atomic E-state index is 11.4. The molecular weight excluding hydrogens is 236 g/mol. The number of methoxy groups -OCH3 is 1. The van der Waals surface area contributed by atoms with E-state index in [9.17, 15) is 4.79 Å². The van der Waals surface area contributed by atoms with E-state index in [1.54, 1.807) is 13.2 Å². The molecule has 0 fully saturated rings. The highest BCUT2D eigenvalue weighted by Gasteiger charge is 2.24. The van der Waals surface area contributed by atoms with Crippen LogP contribution in [-0.4, -0.2) is 23.4 Å². The van der Waals surface area contributed by atoms with Gasteiger partial charge < -0.3 is 10.5 Å². The smallest absolute Gasteiger partial charge is 0.265 e. The van der Waals surface area contributed by atoms with Gasteiger partial charge in [0.2, 0.25) is 0 Å². The summed E-state index contributed by atoms with van der Waals surface area (Å²) >= 11 is 1.26. The summed E-state index contributed by atoms with van der Waals surface area (Å²) in [6, 6.07) is 7.60. The quantitative estimate of drug-likeness (QED) is 0.883. The maximum Gasteiger partial charge on any atom is 0.265 e. The van der Waals surface area contributed by atoms with Gasteiger partial charge in [-0.05, 0) is 6.07 Å². The van der Waals surface area contributed by atoms with Gasteiger partial charge in [0.15, 0.2) is 5.17 Å². The monoisotopic (exact) mass is 248 g/mol. The highest BCUT2D eigenvalue weighted by atomic mass is 32.2. The Morgan fingerprint density at radius 1 is 1.47 bits per heavy atom. The minimum absolute atomic E-state index is 0.210. The van der Waals surface area contributed by atoms with E-state index in [4.69, 9.17) is 10.5 Å². The fourth-order valence-electron chi connectivity index (χ4n) is 1.50. The molecular formula is C12H12N2O2S. The third-order valence-electron chi connectivity index (χ3n) is 2.30. The van der Waals surface area contributed by atoms with E-state index in [1.165, 1.54) is 11.8 Å². The molecule has 2 rings (SSSR count). The summed E-state index contributed by atoms with van der Waals surface area (Å²) in [6.45, 7) is 0. The summed E-state index contributed by atoms with van der Waals surface area (Å²) in [4.78, 5) is 15.1. The number of hydrogen-bond donors (Lipinski definition) is 1. The van der Waals surface area contributed by atoms with Crippen molar-refractivity contribution < 1.29 is 9.53 Å². The molecule has 1 heterocycles. The number of benzene rings is 1. The number of thioether (sulfide) groups is 1. The molecule has 0 bridgehead atoms. The number of aliphatic imine (C=N–C) groups is 1. The van der Waals surface area contributed by atoms with E-state index < -0.39 is 0 Å². The van der Waals surface area contributed by atoms with E-state index in [0.29, 0.717) is 5.17 Å². The van der Waals surface area contributed by atoms with E-state index in [2.05, 4.69) is 4.99 Å². The number of nitrogens with zero attached hydrogens (tertiary/aromatic N) is 1. The zero-order valence-corrected chi connectivity index (χ0v) is 10.1. The molecule has 1 amide bonds. The van der Waals surface area contributed by atoms with Crippen LogP contribution in [-0.2, 0) is 4.79 Å². The molecule has 1 aliphatic rings. The minimum atomic E-state index is -0.320. The van der Waals surface area contributed by atoms with Crippen molar-refractivity contribution in [2.75, 3.05) is 7.11 Å². The molecule has 1 aromatic rings. The average molecular weight is 248 g/mol. The molecule has 1 aromatic carbocycles. The fourth-order valence-corrected chi connectivity index (χ4v) is 2.21. The van der Waals surface area contributed by atoms with Gasteiger partial charge in [-0.25, -0.2) is 0 Å². The SMILES string of the molecule is COc1ccccc1C=CC1SC(N)=NC1=O. The first-order valence-electron chi connectivity index (χ1n) is 5.06. The van der Waals surface area contributed by atoms with E-state index in [-0.39, 0.29) is 11.2 Å². The van der Waals surface area contributed by atoms with Crippen LogP contribution in [0, 0.1) is 0 Å². The highest BCUT2D eigenvalue weighted by Crippen LogP contribution is 2.24. The lowest BCUT2D eigenvalue weighted by Gasteiger charge is -2.04. The first-order valence-corrected chi connectivity index (χ1v) is 5.94. The van der Waals surface area contributed by atoms with Crippen molar-refractivity contribution in [1.29, 1.82) is 0 Å². The van der Waals surface area contributed by atoms with Crippen LogP contribution in [0.3, 0.4) is 0 Å². The van der Waals surface area contributed by atoms with Crippen molar-refractivity contribution >= 4 is 28.9 Å². The van der Waals surface area contributed by atoms with Crippen LogP contribution in [0.4, 0.5) is 0 Å². The molecule has 1 unspecified atom stereocenters. The summed E-state index contributed by atoms with van der Waals surface area (Å²) in [6.07, 6.45) is 3.64. The summed E-state index contributed by atoms with van der Waals surface area (Å²) in [5.41, 5.74) is 6.40. The predicted molar refractivity (Wildman–Crippen MR) is 70.0 cm³/mol. The molecule has 0 radical (unpaired) electrons. The first kappa shape index (κ1) is 11.7. The molecule has 0 saturated heterocycles. The van der Waals surface area contributed by atoms with E-state index in [0.717, 1.165) is 11.3 Å². The second-order valence-corrected chi connectivity index (χ2v) is 4.59. The van der Waals surface area contributed by atoms with Crippen LogP contribution < -0.4 is 10.5 Å². The number of ether oxygens (including phenoxy) is 1. The zero-order chi connectivity index (χ0) is 12.3. The Balaban J connectivity index is 2.13. The Morgan fingerprint density at radius 3 is 2.88 bits per heavy atom. The number of amidine groups is 1. The Labute approximate surface area is 104 Å². The van der Waals surface area contributed by atoms with Crippen molar-refractivity contribution in [1.82, 2.24) is 0 Å². The number of carbonyl (C=O) groups is 1. The van der Waals surface area contributed by atoms with Gasteiger partial charge in [0.25, 0.3) is 5.91 Å². The molecule has 0 spiro atoms. The van der Waals surface area contributed by atoms with Crippen molar-refractivity contribution in [3.63, 3.8) is 0 Å². The molecule has 0 aromatic heterocycles. The Morgan fingerprint density at radius 2 is 2.24 bits per heavy atom. The lowest BCUT2D eigenvalue weighted by molar-refractivity contribution is -0.116. The predicted octanol–water partition coefficient (Wildman–Crippen LogP) is 1.67. The van der Waals surface area contributed by atoms with Gasteiger partial charge in [-0.15, -0.1) is 0 Å². The lowest BCUT2D eigenvalue weighted by atomic mass is 10.1. The molecule has 1 aliphatic heterocycles. The van der Waals surface area contributed by atoms with Crippen LogP contribution in [0.15, 0.2) is 35.3 Å². The Hall–Kier alpha value is -1.75. The molecule has 17 heavy (non-hydrogen) atoms. The van der Waals surface area contributed by atoms with Gasteiger partial charge in [-0.2, -0.15) is 4.99 Å². The number of amides is 1. The van der Waals surface area contributed by atoms with Crippen LogP contribution in [0.1, 0.15) is 5.56 Å². The van der Waals surface area contributed by atoms with Crippen molar-refractivity contribution in [2.45, 2.75) is 5.25 Å². The van der Waals surface area contributed by atoms with E-state index in [1.807, 2.05) is 30.3 Å². The largest absolute Gasteiger partial charge is 0.496 e. The van der Waals surface area contributed by atoms with Gasteiger partial charge >= 0.3 is 0 Å². The molecule has 4 nitrogen and oxygen atoms in total. The second-order valence-electron chi connectivity index (χ2n) is 3.43. The number of para-hydroxylation sites is 1. The fraction of sp³-hybridized carbons (Fsp3) is 0.167. The van der Waals surface area contributed by atoms with Crippen molar-refractivity contribution in [3.8, 4) is 5.75 Å². The average Bonchev–Trinajstić information content (AvgIpc) is 2.65. The van der Waals surface area contributed by atoms with Gasteiger partial charge in [0.05, 0.1) is 7.11 Å². The van der Waals surface area contributed by atoms with Gasteiger partial charge in [0, 0.05) is 5.56 Å². The topological polar surface area (TPSA) is 64.7 Å². The normalized spacial score (nSPS) is 19.7. The third-order valence-corrected chi connectivity index (χ3v) is 3.25. The molecule has 88 valence electrons. The summed E-state index contributed by atoms with van der Waals surface area (Å²) < 4.78 is 5.21. The van der Waals surface area contributed by atoms with Crippen molar-refractivity contribution in [3.05, 3.63) is 35.9 Å². The number of carbonyl (C=O) groups excluding carboxylic acids is 1. The first-order chi connectivity index (χ1) is 8.20. The lowest BCUT2D eigenvalue weighted by Crippen LogP contribution is -2.06. The van der Waals surface area contributed by atoms with Gasteiger partial charge in [-0.1, -0.05) is 42.1 Å². The molecule has 1 atom stereocenters. The maximum atomic E-state index is 11.4. The van der Waals surface area contributed by atoms with Gasteiger partial charge in [-0.3, -0.25) is 4.79 Å².